The van der Waals surface area contributed by atoms with Gasteiger partial charge in [-0.1, -0.05) is 18.6 Å². The minimum absolute atomic E-state index is 0.202. The van der Waals surface area contributed by atoms with Crippen LogP contribution in [0.1, 0.15) is 56.1 Å². The zero-order chi connectivity index (χ0) is 19.0. The third-order valence-electron chi connectivity index (χ3n) is 5.16. The molecule has 0 spiro atoms. The number of hydrogen-bond donors (Lipinski definition) is 2. The average Bonchev–Trinajstić information content (AvgIpc) is 3.04. The summed E-state index contributed by atoms with van der Waals surface area (Å²) in [6, 6.07) is 6.90. The van der Waals surface area contributed by atoms with Gasteiger partial charge in [-0.15, -0.1) is 11.3 Å². The van der Waals surface area contributed by atoms with E-state index < -0.39 is 5.97 Å². The Morgan fingerprint density at radius 3 is 2.74 bits per heavy atom. The van der Waals surface area contributed by atoms with Crippen LogP contribution in [0.15, 0.2) is 24.3 Å². The normalized spacial score (nSPS) is 13.9. The fourth-order valence-electron chi connectivity index (χ4n) is 3.84. The Bertz CT molecular complexity index is 1030. The van der Waals surface area contributed by atoms with Crippen LogP contribution in [0.5, 0.6) is 0 Å². The molecule has 5 nitrogen and oxygen atoms in total. The molecule has 1 aliphatic rings. The number of para-hydroxylation sites is 1. The summed E-state index contributed by atoms with van der Waals surface area (Å²) < 4.78 is 6.02. The Balaban J connectivity index is 1.72. The number of aromatic amines is 1. The van der Waals surface area contributed by atoms with E-state index in [2.05, 4.69) is 10.3 Å². The van der Waals surface area contributed by atoms with Crippen molar-refractivity contribution in [3.8, 4) is 0 Å². The summed E-state index contributed by atoms with van der Waals surface area (Å²) in [5, 5.41) is 2.90. The van der Waals surface area contributed by atoms with Gasteiger partial charge < -0.3 is 15.0 Å². The van der Waals surface area contributed by atoms with E-state index in [1.54, 1.807) is 35.6 Å². The number of thiophene rings is 1. The number of nitrogens with one attached hydrogen (secondary N) is 2. The molecule has 4 rings (SSSR count). The summed E-state index contributed by atoms with van der Waals surface area (Å²) >= 11 is 1.68. The second-order valence-corrected chi connectivity index (χ2v) is 8.10. The molecular formula is C21H22N2O3S. The lowest BCUT2D eigenvalue weighted by Gasteiger charge is -2.09. The maximum absolute atomic E-state index is 13.1. The molecule has 2 heterocycles. The quantitative estimate of drug-likeness (QED) is 0.503. The summed E-state index contributed by atoms with van der Waals surface area (Å²) in [6.45, 7) is 1.97. The van der Waals surface area contributed by atoms with Gasteiger partial charge in [0.25, 0.3) is 5.91 Å². The number of carbonyl (C=O) groups is 2. The number of amides is 1. The molecule has 3 aromatic rings. The first-order chi connectivity index (χ1) is 13.1. The number of carbonyl (C=O) groups excluding carboxylic acids is 2. The SMILES string of the molecule is COC(=O)c1ccccc1NC(=O)c1c(C)sc2c3c([nH]c12)CCCCC3. The summed E-state index contributed by atoms with van der Waals surface area (Å²) in [5.74, 6) is -0.670. The number of anilines is 1. The first kappa shape index (κ1) is 17.8. The third kappa shape index (κ3) is 3.14. The van der Waals surface area contributed by atoms with Crippen LogP contribution in [0.3, 0.4) is 0 Å². The number of rotatable bonds is 3. The van der Waals surface area contributed by atoms with Gasteiger partial charge in [0.15, 0.2) is 0 Å². The van der Waals surface area contributed by atoms with Crippen LogP contribution < -0.4 is 5.32 Å². The zero-order valence-electron chi connectivity index (χ0n) is 15.5. The summed E-state index contributed by atoms with van der Waals surface area (Å²) in [4.78, 5) is 29.5. The standard InChI is InChI=1S/C21H22N2O3S/c1-12-17(18-19(27-12)13-8-4-3-5-10-15(13)22-18)20(24)23-16-11-7-6-9-14(16)21(25)26-2/h6-7,9,11,22H,3-5,8,10H2,1-2H3,(H,23,24). The number of esters is 1. The molecule has 0 saturated heterocycles. The van der Waals surface area contributed by atoms with Crippen LogP contribution in [0.2, 0.25) is 0 Å². The van der Waals surface area contributed by atoms with Crippen LogP contribution in [-0.2, 0) is 17.6 Å². The lowest BCUT2D eigenvalue weighted by Crippen LogP contribution is -2.16. The first-order valence-electron chi connectivity index (χ1n) is 9.21. The zero-order valence-corrected chi connectivity index (χ0v) is 16.3. The van der Waals surface area contributed by atoms with E-state index in [1.807, 2.05) is 6.92 Å². The maximum atomic E-state index is 13.1. The van der Waals surface area contributed by atoms with E-state index in [1.165, 1.54) is 42.3 Å². The predicted molar refractivity (Wildman–Crippen MR) is 108 cm³/mol. The van der Waals surface area contributed by atoms with Crippen LogP contribution in [0, 0.1) is 6.92 Å². The van der Waals surface area contributed by atoms with E-state index >= 15 is 0 Å². The van der Waals surface area contributed by atoms with Crippen LogP contribution in [-0.4, -0.2) is 24.0 Å². The van der Waals surface area contributed by atoms with E-state index in [0.717, 1.165) is 23.2 Å². The molecule has 0 atom stereocenters. The molecule has 0 fully saturated rings. The fourth-order valence-corrected chi connectivity index (χ4v) is 5.04. The van der Waals surface area contributed by atoms with E-state index in [-0.39, 0.29) is 5.91 Å². The van der Waals surface area contributed by atoms with Crippen LogP contribution in [0.25, 0.3) is 10.2 Å². The number of methoxy groups -OCH3 is 1. The van der Waals surface area contributed by atoms with Crippen LogP contribution in [0.4, 0.5) is 5.69 Å². The molecule has 2 aromatic heterocycles. The summed E-state index contributed by atoms with van der Waals surface area (Å²) in [6.07, 6.45) is 5.76. The van der Waals surface area contributed by atoms with Gasteiger partial charge in [-0.2, -0.15) is 0 Å². The number of benzene rings is 1. The minimum atomic E-state index is -0.468. The number of fused-ring (bicyclic) bond motifs is 3. The Morgan fingerprint density at radius 1 is 1.15 bits per heavy atom. The molecule has 1 aliphatic carbocycles. The van der Waals surface area contributed by atoms with Gasteiger partial charge in [0.05, 0.1) is 34.1 Å². The predicted octanol–water partition coefficient (Wildman–Crippen LogP) is 4.85. The molecule has 27 heavy (non-hydrogen) atoms. The molecule has 1 aromatic carbocycles. The molecule has 0 unspecified atom stereocenters. The van der Waals surface area contributed by atoms with Crippen molar-refractivity contribution in [3.05, 3.63) is 51.5 Å². The molecule has 0 bridgehead atoms. The first-order valence-corrected chi connectivity index (χ1v) is 10.0. The van der Waals surface area contributed by atoms with Gasteiger partial charge in [0.2, 0.25) is 0 Å². The largest absolute Gasteiger partial charge is 0.465 e. The second-order valence-electron chi connectivity index (χ2n) is 6.87. The highest BCUT2D eigenvalue weighted by Gasteiger charge is 2.24. The van der Waals surface area contributed by atoms with Gasteiger partial charge in [0.1, 0.15) is 0 Å². The van der Waals surface area contributed by atoms with Gasteiger partial charge in [0, 0.05) is 10.6 Å². The number of hydrogen-bond acceptors (Lipinski definition) is 4. The monoisotopic (exact) mass is 382 g/mol. The molecule has 0 saturated carbocycles. The van der Waals surface area contributed by atoms with Gasteiger partial charge in [-0.05, 0) is 50.3 Å². The number of ether oxygens (including phenoxy) is 1. The number of aryl methyl sites for hydroxylation is 3. The lowest BCUT2D eigenvalue weighted by atomic mass is 10.1. The van der Waals surface area contributed by atoms with Crippen molar-refractivity contribution < 1.29 is 14.3 Å². The Kier molecular flexibility index (Phi) is 4.74. The molecular weight excluding hydrogens is 360 g/mol. The molecule has 1 amide bonds. The maximum Gasteiger partial charge on any atom is 0.339 e. The van der Waals surface area contributed by atoms with Crippen molar-refractivity contribution in [3.63, 3.8) is 0 Å². The highest BCUT2D eigenvalue weighted by molar-refractivity contribution is 7.19. The van der Waals surface area contributed by atoms with Crippen molar-refractivity contribution >= 4 is 39.1 Å². The minimum Gasteiger partial charge on any atom is -0.465 e. The molecule has 140 valence electrons. The lowest BCUT2D eigenvalue weighted by molar-refractivity contribution is 0.0602. The highest BCUT2D eigenvalue weighted by Crippen LogP contribution is 2.37. The summed E-state index contributed by atoms with van der Waals surface area (Å²) in [7, 11) is 1.33. The Labute approximate surface area is 161 Å². The molecule has 6 heteroatoms. The van der Waals surface area contributed by atoms with Crippen molar-refractivity contribution in [2.24, 2.45) is 0 Å². The average molecular weight is 382 g/mol. The smallest absolute Gasteiger partial charge is 0.339 e. The molecule has 0 radical (unpaired) electrons. The van der Waals surface area contributed by atoms with Crippen molar-refractivity contribution in [2.75, 3.05) is 12.4 Å². The molecule has 0 aliphatic heterocycles. The van der Waals surface area contributed by atoms with E-state index in [9.17, 15) is 9.59 Å². The van der Waals surface area contributed by atoms with Gasteiger partial charge in [-0.25, -0.2) is 4.79 Å². The number of aromatic nitrogens is 1. The van der Waals surface area contributed by atoms with E-state index in [4.69, 9.17) is 4.74 Å². The fraction of sp³-hybridized carbons (Fsp3) is 0.333. The van der Waals surface area contributed by atoms with Gasteiger partial charge in [-0.3, -0.25) is 4.79 Å². The van der Waals surface area contributed by atoms with E-state index in [0.29, 0.717) is 16.8 Å². The second kappa shape index (κ2) is 7.19. The van der Waals surface area contributed by atoms with Crippen LogP contribution >= 0.6 is 11.3 Å². The Morgan fingerprint density at radius 2 is 1.93 bits per heavy atom. The number of H-pyrrole nitrogens is 1. The van der Waals surface area contributed by atoms with Crippen molar-refractivity contribution in [2.45, 2.75) is 39.0 Å². The summed E-state index contributed by atoms with van der Waals surface area (Å²) in [5.41, 5.74) is 5.06. The topological polar surface area (TPSA) is 71.2 Å². The highest BCUT2D eigenvalue weighted by atomic mass is 32.1. The van der Waals surface area contributed by atoms with Crippen molar-refractivity contribution in [1.29, 1.82) is 0 Å². The molecule has 2 N–H and O–H groups in total. The third-order valence-corrected chi connectivity index (χ3v) is 6.32. The van der Waals surface area contributed by atoms with Gasteiger partial charge >= 0.3 is 5.97 Å². The van der Waals surface area contributed by atoms with Crippen molar-refractivity contribution in [1.82, 2.24) is 4.98 Å². The Hall–Kier alpha value is -2.60.